The van der Waals surface area contributed by atoms with Gasteiger partial charge in [0.15, 0.2) is 0 Å². The zero-order valence-corrected chi connectivity index (χ0v) is 11.6. The molecule has 1 fully saturated rings. The van der Waals surface area contributed by atoms with E-state index < -0.39 is 0 Å². The largest absolute Gasteiger partial charge is 0.326 e. The highest BCUT2D eigenvalue weighted by molar-refractivity contribution is 9.10. The maximum absolute atomic E-state index is 13.0. The Labute approximate surface area is 114 Å². The van der Waals surface area contributed by atoms with E-state index in [1.54, 1.807) is 12.1 Å². The summed E-state index contributed by atoms with van der Waals surface area (Å²) in [6.07, 6.45) is 2.62. The SMILES string of the molecule is O=C(CC1CCNCC1)Nc1ccc(F)c(Br)c1. The second-order valence-corrected chi connectivity index (χ2v) is 5.43. The summed E-state index contributed by atoms with van der Waals surface area (Å²) in [5, 5.41) is 6.07. The molecule has 3 nitrogen and oxygen atoms in total. The summed E-state index contributed by atoms with van der Waals surface area (Å²) in [4.78, 5) is 11.8. The number of piperidine rings is 1. The van der Waals surface area contributed by atoms with Gasteiger partial charge in [-0.2, -0.15) is 0 Å². The molecule has 1 aromatic rings. The van der Waals surface area contributed by atoms with E-state index >= 15 is 0 Å². The summed E-state index contributed by atoms with van der Waals surface area (Å²) >= 11 is 3.10. The van der Waals surface area contributed by atoms with Crippen LogP contribution in [0.2, 0.25) is 0 Å². The van der Waals surface area contributed by atoms with Gasteiger partial charge < -0.3 is 10.6 Å². The third kappa shape index (κ3) is 3.78. The van der Waals surface area contributed by atoms with Gasteiger partial charge in [-0.05, 0) is 66.0 Å². The molecule has 2 N–H and O–H groups in total. The number of nitrogens with one attached hydrogen (secondary N) is 2. The van der Waals surface area contributed by atoms with Crippen molar-refractivity contribution in [1.82, 2.24) is 5.32 Å². The van der Waals surface area contributed by atoms with Gasteiger partial charge >= 0.3 is 0 Å². The molecule has 0 spiro atoms. The summed E-state index contributed by atoms with van der Waals surface area (Å²) in [5.74, 6) is 0.127. The minimum absolute atomic E-state index is 0.000378. The lowest BCUT2D eigenvalue weighted by Gasteiger charge is -2.21. The summed E-state index contributed by atoms with van der Waals surface area (Å²) in [5.41, 5.74) is 0.627. The lowest BCUT2D eigenvalue weighted by atomic mass is 9.94. The number of hydrogen-bond acceptors (Lipinski definition) is 2. The van der Waals surface area contributed by atoms with E-state index in [4.69, 9.17) is 0 Å². The van der Waals surface area contributed by atoms with E-state index in [9.17, 15) is 9.18 Å². The van der Waals surface area contributed by atoms with Crippen LogP contribution in [0.1, 0.15) is 19.3 Å². The molecular weight excluding hydrogens is 299 g/mol. The van der Waals surface area contributed by atoms with Gasteiger partial charge in [0.05, 0.1) is 4.47 Å². The first kappa shape index (κ1) is 13.5. The first-order valence-corrected chi connectivity index (χ1v) is 6.90. The summed E-state index contributed by atoms with van der Waals surface area (Å²) in [7, 11) is 0. The fourth-order valence-corrected chi connectivity index (χ4v) is 2.51. The van der Waals surface area contributed by atoms with Crippen LogP contribution in [0.5, 0.6) is 0 Å². The van der Waals surface area contributed by atoms with Crippen LogP contribution in [0.15, 0.2) is 22.7 Å². The van der Waals surface area contributed by atoms with Gasteiger partial charge in [0, 0.05) is 12.1 Å². The van der Waals surface area contributed by atoms with Crippen LogP contribution in [0, 0.1) is 11.7 Å². The van der Waals surface area contributed by atoms with Gasteiger partial charge in [-0.3, -0.25) is 4.79 Å². The smallest absolute Gasteiger partial charge is 0.224 e. The van der Waals surface area contributed by atoms with Gasteiger partial charge in [0.2, 0.25) is 5.91 Å². The van der Waals surface area contributed by atoms with Crippen LogP contribution in [-0.4, -0.2) is 19.0 Å². The molecule has 0 atom stereocenters. The van der Waals surface area contributed by atoms with Gasteiger partial charge in [0.25, 0.3) is 0 Å². The monoisotopic (exact) mass is 314 g/mol. The second-order valence-electron chi connectivity index (χ2n) is 4.57. The molecule has 18 heavy (non-hydrogen) atoms. The van der Waals surface area contributed by atoms with Crippen molar-refractivity contribution in [2.45, 2.75) is 19.3 Å². The lowest BCUT2D eigenvalue weighted by Crippen LogP contribution is -2.30. The van der Waals surface area contributed by atoms with Crippen molar-refractivity contribution in [2.24, 2.45) is 5.92 Å². The second kappa shape index (κ2) is 6.29. The van der Waals surface area contributed by atoms with E-state index in [1.165, 1.54) is 6.07 Å². The highest BCUT2D eigenvalue weighted by Gasteiger charge is 2.16. The highest BCUT2D eigenvalue weighted by Crippen LogP contribution is 2.21. The minimum atomic E-state index is -0.327. The van der Waals surface area contributed by atoms with Crippen molar-refractivity contribution in [3.05, 3.63) is 28.5 Å². The number of anilines is 1. The average molecular weight is 315 g/mol. The van der Waals surface area contributed by atoms with Crippen molar-refractivity contribution in [2.75, 3.05) is 18.4 Å². The number of carbonyl (C=O) groups is 1. The Balaban J connectivity index is 1.88. The van der Waals surface area contributed by atoms with Crippen LogP contribution in [0.25, 0.3) is 0 Å². The Morgan fingerprint density at radius 2 is 2.17 bits per heavy atom. The molecule has 0 aliphatic carbocycles. The summed E-state index contributed by atoms with van der Waals surface area (Å²) in [6, 6.07) is 4.49. The molecule has 1 saturated heterocycles. The number of amides is 1. The predicted octanol–water partition coefficient (Wildman–Crippen LogP) is 2.92. The Bertz CT molecular complexity index is 433. The molecule has 1 amide bonds. The third-order valence-corrected chi connectivity index (χ3v) is 3.74. The van der Waals surface area contributed by atoms with Crippen molar-refractivity contribution < 1.29 is 9.18 Å². The van der Waals surface area contributed by atoms with Crippen molar-refractivity contribution in [3.63, 3.8) is 0 Å². The average Bonchev–Trinajstić information content (AvgIpc) is 2.35. The van der Waals surface area contributed by atoms with Gasteiger partial charge in [-0.15, -0.1) is 0 Å². The van der Waals surface area contributed by atoms with Crippen LogP contribution in [0.4, 0.5) is 10.1 Å². The third-order valence-electron chi connectivity index (χ3n) is 3.14. The molecule has 0 aromatic heterocycles. The topological polar surface area (TPSA) is 41.1 Å². The molecule has 1 aliphatic heterocycles. The van der Waals surface area contributed by atoms with Crippen LogP contribution >= 0.6 is 15.9 Å². The lowest BCUT2D eigenvalue weighted by molar-refractivity contribution is -0.117. The first-order chi connectivity index (χ1) is 8.65. The fourth-order valence-electron chi connectivity index (χ4n) is 2.13. The highest BCUT2D eigenvalue weighted by atomic mass is 79.9. The Kier molecular flexibility index (Phi) is 4.72. The van der Waals surface area contributed by atoms with Crippen molar-refractivity contribution in [3.8, 4) is 0 Å². The summed E-state index contributed by atoms with van der Waals surface area (Å²) < 4.78 is 13.4. The number of hydrogen-bond donors (Lipinski definition) is 2. The number of carbonyl (C=O) groups excluding carboxylic acids is 1. The predicted molar refractivity (Wildman–Crippen MR) is 72.9 cm³/mol. The molecule has 98 valence electrons. The zero-order chi connectivity index (χ0) is 13.0. The molecule has 5 heteroatoms. The Hall–Kier alpha value is -0.940. The van der Waals surface area contributed by atoms with E-state index in [2.05, 4.69) is 26.6 Å². The van der Waals surface area contributed by atoms with Gasteiger partial charge in [-0.1, -0.05) is 0 Å². The van der Waals surface area contributed by atoms with E-state index in [-0.39, 0.29) is 11.7 Å². The molecule has 0 saturated carbocycles. The van der Waals surface area contributed by atoms with Crippen molar-refractivity contribution in [1.29, 1.82) is 0 Å². The summed E-state index contributed by atoms with van der Waals surface area (Å²) in [6.45, 7) is 1.97. The van der Waals surface area contributed by atoms with E-state index in [0.29, 0.717) is 22.5 Å². The van der Waals surface area contributed by atoms with Crippen LogP contribution in [0.3, 0.4) is 0 Å². The van der Waals surface area contributed by atoms with Crippen LogP contribution in [-0.2, 0) is 4.79 Å². The molecule has 1 aromatic carbocycles. The van der Waals surface area contributed by atoms with E-state index in [1.807, 2.05) is 0 Å². The molecule has 0 bridgehead atoms. The number of rotatable bonds is 3. The van der Waals surface area contributed by atoms with Gasteiger partial charge in [-0.25, -0.2) is 4.39 Å². The minimum Gasteiger partial charge on any atom is -0.326 e. The maximum Gasteiger partial charge on any atom is 0.224 e. The van der Waals surface area contributed by atoms with E-state index in [0.717, 1.165) is 25.9 Å². The zero-order valence-electron chi connectivity index (χ0n) is 10.0. The van der Waals surface area contributed by atoms with Crippen molar-refractivity contribution >= 4 is 27.5 Å². The number of halogens is 2. The fraction of sp³-hybridized carbons (Fsp3) is 0.462. The molecule has 0 unspecified atom stereocenters. The standard InChI is InChI=1S/C13H16BrFN2O/c14-11-8-10(1-2-12(11)15)17-13(18)7-9-3-5-16-6-4-9/h1-2,8-9,16H,3-7H2,(H,17,18). The molecule has 1 heterocycles. The van der Waals surface area contributed by atoms with Crippen LogP contribution < -0.4 is 10.6 Å². The Morgan fingerprint density at radius 1 is 1.44 bits per heavy atom. The first-order valence-electron chi connectivity index (χ1n) is 6.11. The maximum atomic E-state index is 13.0. The molecular formula is C13H16BrFN2O. The molecule has 2 rings (SSSR count). The normalized spacial score (nSPS) is 16.6. The quantitative estimate of drug-likeness (QED) is 0.900. The molecule has 1 aliphatic rings. The number of benzene rings is 1. The van der Waals surface area contributed by atoms with Gasteiger partial charge in [0.1, 0.15) is 5.82 Å². The Morgan fingerprint density at radius 3 is 2.83 bits per heavy atom. The molecule has 0 radical (unpaired) electrons.